The molecule has 3 heterocycles. The van der Waals surface area contributed by atoms with Crippen molar-refractivity contribution < 1.29 is 19.5 Å². The number of methoxy groups -OCH3 is 1. The van der Waals surface area contributed by atoms with Gasteiger partial charge in [0.25, 0.3) is 0 Å². The monoisotopic (exact) mass is 462 g/mol. The Hall–Kier alpha value is -3.20. The van der Waals surface area contributed by atoms with Crippen LogP contribution in [0.3, 0.4) is 0 Å². The van der Waals surface area contributed by atoms with Crippen molar-refractivity contribution in [1.82, 2.24) is 9.97 Å². The molecule has 5 rings (SSSR count). The number of rotatable bonds is 8. The zero-order valence-corrected chi connectivity index (χ0v) is 19.8. The Morgan fingerprint density at radius 1 is 1.03 bits per heavy atom. The molecule has 34 heavy (non-hydrogen) atoms. The van der Waals surface area contributed by atoms with Crippen LogP contribution in [0.25, 0.3) is 11.3 Å². The molecule has 0 bridgehead atoms. The van der Waals surface area contributed by atoms with E-state index >= 15 is 0 Å². The fourth-order valence-electron chi connectivity index (χ4n) is 4.67. The first-order valence-corrected chi connectivity index (χ1v) is 11.7. The molecule has 0 unspecified atom stereocenters. The van der Waals surface area contributed by atoms with E-state index in [1.54, 1.807) is 13.3 Å². The molecular formula is C26H32N5O3+. The maximum absolute atomic E-state index is 6.16. The van der Waals surface area contributed by atoms with Crippen LogP contribution in [-0.2, 0) is 16.0 Å². The molecule has 2 aliphatic rings. The molecule has 0 spiro atoms. The SMILES string of the molecule is COc1ccccc1-c1ccnc(N[C@H]2CO[C@H]3[C@@H]2OC[C@@H]3[NH2+]Cc2ccc(N(C)C)cc2)n1. The average Bonchev–Trinajstić information content (AvgIpc) is 3.46. The van der Waals surface area contributed by atoms with Gasteiger partial charge in [-0.2, -0.15) is 0 Å². The number of nitrogens with zero attached hydrogens (tertiary/aromatic N) is 3. The predicted molar refractivity (Wildman–Crippen MR) is 131 cm³/mol. The lowest BCUT2D eigenvalue weighted by atomic mass is 10.1. The quantitative estimate of drug-likeness (QED) is 0.529. The van der Waals surface area contributed by atoms with Crippen LogP contribution in [-0.4, -0.2) is 68.7 Å². The van der Waals surface area contributed by atoms with E-state index in [1.807, 2.05) is 30.3 Å². The summed E-state index contributed by atoms with van der Waals surface area (Å²) in [6.07, 6.45) is 1.80. The maximum atomic E-state index is 6.16. The fraction of sp³-hybridized carbons (Fsp3) is 0.385. The van der Waals surface area contributed by atoms with Gasteiger partial charge in [0.05, 0.1) is 25.5 Å². The van der Waals surface area contributed by atoms with E-state index in [1.165, 1.54) is 11.3 Å². The number of hydrogen-bond acceptors (Lipinski definition) is 7. The third-order valence-corrected chi connectivity index (χ3v) is 6.55. The molecule has 2 saturated heterocycles. The van der Waals surface area contributed by atoms with Crippen LogP contribution >= 0.6 is 0 Å². The Labute approximate surface area is 200 Å². The standard InChI is InChI=1S/C26H31N5O3/c1-31(2)18-10-8-17(9-11-18)14-28-21-15-33-25-22(16-34-24(21)25)30-26-27-13-12-20(29-26)19-6-4-5-7-23(19)32-3/h4-13,21-22,24-25,28H,14-16H2,1-3H3,(H,27,29,30)/p+1/t21-,22-,24+,25+/m0/s1. The summed E-state index contributed by atoms with van der Waals surface area (Å²) in [6, 6.07) is 18.7. The second-order valence-electron chi connectivity index (χ2n) is 8.98. The van der Waals surface area contributed by atoms with Crippen molar-refractivity contribution in [3.05, 3.63) is 66.4 Å². The summed E-state index contributed by atoms with van der Waals surface area (Å²) in [4.78, 5) is 11.3. The molecule has 3 aromatic rings. The third-order valence-electron chi connectivity index (χ3n) is 6.55. The van der Waals surface area contributed by atoms with Gasteiger partial charge in [0.15, 0.2) is 0 Å². The number of ether oxygens (including phenoxy) is 3. The molecule has 1 aromatic heterocycles. The van der Waals surface area contributed by atoms with E-state index in [0.717, 1.165) is 23.6 Å². The summed E-state index contributed by atoms with van der Waals surface area (Å²) in [6.45, 7) is 2.14. The minimum absolute atomic E-state index is 0.00990. The number of nitrogens with one attached hydrogen (secondary N) is 1. The summed E-state index contributed by atoms with van der Waals surface area (Å²) in [5.74, 6) is 1.35. The lowest BCUT2D eigenvalue weighted by molar-refractivity contribution is -0.707. The highest BCUT2D eigenvalue weighted by Gasteiger charge is 2.49. The summed E-state index contributed by atoms with van der Waals surface area (Å²) in [5.41, 5.74) is 4.24. The molecule has 0 amide bonds. The first kappa shape index (κ1) is 22.6. The number of para-hydroxylation sites is 1. The normalized spacial score (nSPS) is 23.5. The Morgan fingerprint density at radius 2 is 1.82 bits per heavy atom. The van der Waals surface area contributed by atoms with Crippen molar-refractivity contribution in [3.8, 4) is 17.0 Å². The molecular weight excluding hydrogens is 430 g/mol. The lowest BCUT2D eigenvalue weighted by Crippen LogP contribution is -2.91. The first-order valence-electron chi connectivity index (χ1n) is 11.7. The average molecular weight is 463 g/mol. The molecule has 2 aliphatic heterocycles. The molecule has 0 saturated carbocycles. The van der Waals surface area contributed by atoms with Crippen molar-refractivity contribution >= 4 is 11.6 Å². The highest BCUT2D eigenvalue weighted by atomic mass is 16.6. The van der Waals surface area contributed by atoms with Gasteiger partial charge >= 0.3 is 0 Å². The largest absolute Gasteiger partial charge is 0.496 e. The van der Waals surface area contributed by atoms with Crippen LogP contribution in [0.5, 0.6) is 5.75 Å². The number of aromatic nitrogens is 2. The van der Waals surface area contributed by atoms with Gasteiger partial charge in [-0.15, -0.1) is 0 Å². The first-order chi connectivity index (χ1) is 16.6. The lowest BCUT2D eigenvalue weighted by Gasteiger charge is -2.17. The summed E-state index contributed by atoms with van der Waals surface area (Å²) < 4.78 is 17.8. The van der Waals surface area contributed by atoms with E-state index in [-0.39, 0.29) is 24.3 Å². The van der Waals surface area contributed by atoms with E-state index in [2.05, 4.69) is 58.9 Å². The Kier molecular flexibility index (Phi) is 6.62. The second kappa shape index (κ2) is 9.97. The highest BCUT2D eigenvalue weighted by Crippen LogP contribution is 2.30. The number of hydrogen-bond donors (Lipinski definition) is 2. The second-order valence-corrected chi connectivity index (χ2v) is 8.98. The van der Waals surface area contributed by atoms with Crippen molar-refractivity contribution in [2.24, 2.45) is 0 Å². The van der Waals surface area contributed by atoms with Crippen molar-refractivity contribution in [2.45, 2.75) is 30.8 Å². The maximum Gasteiger partial charge on any atom is 0.223 e. The summed E-state index contributed by atoms with van der Waals surface area (Å²) in [5, 5.41) is 5.77. The number of anilines is 2. The number of fused-ring (bicyclic) bond motifs is 1. The predicted octanol–water partition coefficient (Wildman–Crippen LogP) is 1.93. The van der Waals surface area contributed by atoms with Gasteiger partial charge in [-0.3, -0.25) is 0 Å². The van der Waals surface area contributed by atoms with Crippen molar-refractivity contribution in [3.63, 3.8) is 0 Å². The Balaban J connectivity index is 1.20. The minimum atomic E-state index is -0.0177. The molecule has 2 aromatic carbocycles. The molecule has 3 N–H and O–H groups in total. The van der Waals surface area contributed by atoms with Crippen molar-refractivity contribution in [2.75, 3.05) is 44.6 Å². The number of nitrogens with two attached hydrogens (primary N) is 1. The third kappa shape index (κ3) is 4.70. The van der Waals surface area contributed by atoms with E-state index < -0.39 is 0 Å². The van der Waals surface area contributed by atoms with Gasteiger partial charge in [-0.05, 0) is 30.3 Å². The zero-order chi connectivity index (χ0) is 23.5. The van der Waals surface area contributed by atoms with E-state index in [4.69, 9.17) is 19.2 Å². The number of quaternary nitrogens is 1. The molecule has 8 nitrogen and oxygen atoms in total. The number of benzene rings is 2. The van der Waals surface area contributed by atoms with Crippen LogP contribution in [0.2, 0.25) is 0 Å². The molecule has 4 atom stereocenters. The molecule has 8 heteroatoms. The van der Waals surface area contributed by atoms with Crippen LogP contribution in [0.1, 0.15) is 5.56 Å². The molecule has 0 aliphatic carbocycles. The molecule has 0 radical (unpaired) electrons. The van der Waals surface area contributed by atoms with Gasteiger partial charge in [0.1, 0.15) is 37.2 Å². The topological polar surface area (TPSA) is 85.3 Å². The zero-order valence-electron chi connectivity index (χ0n) is 19.8. The van der Waals surface area contributed by atoms with Crippen LogP contribution in [0, 0.1) is 0 Å². The Bertz CT molecular complexity index is 1110. The van der Waals surface area contributed by atoms with E-state index in [0.29, 0.717) is 19.2 Å². The van der Waals surface area contributed by atoms with Crippen LogP contribution < -0.4 is 20.3 Å². The van der Waals surface area contributed by atoms with Gasteiger partial charge < -0.3 is 29.7 Å². The van der Waals surface area contributed by atoms with Crippen LogP contribution in [0.15, 0.2) is 60.8 Å². The fourth-order valence-corrected chi connectivity index (χ4v) is 4.67. The van der Waals surface area contributed by atoms with Crippen LogP contribution in [0.4, 0.5) is 11.6 Å². The molecule has 178 valence electrons. The summed E-state index contributed by atoms with van der Waals surface area (Å²) in [7, 11) is 5.77. The smallest absolute Gasteiger partial charge is 0.223 e. The minimum Gasteiger partial charge on any atom is -0.496 e. The van der Waals surface area contributed by atoms with E-state index in [9.17, 15) is 0 Å². The van der Waals surface area contributed by atoms with Gasteiger partial charge in [-0.1, -0.05) is 24.3 Å². The molecule has 2 fully saturated rings. The van der Waals surface area contributed by atoms with Crippen molar-refractivity contribution in [1.29, 1.82) is 0 Å². The highest BCUT2D eigenvalue weighted by molar-refractivity contribution is 5.67. The van der Waals surface area contributed by atoms with Gasteiger partial charge in [-0.25, -0.2) is 9.97 Å². The van der Waals surface area contributed by atoms with Gasteiger partial charge in [0, 0.05) is 37.1 Å². The van der Waals surface area contributed by atoms with Gasteiger partial charge in [0.2, 0.25) is 5.95 Å². The summed E-state index contributed by atoms with van der Waals surface area (Å²) >= 11 is 0. The Morgan fingerprint density at radius 3 is 2.62 bits per heavy atom.